The summed E-state index contributed by atoms with van der Waals surface area (Å²) in [6.07, 6.45) is 4.20. The van der Waals surface area contributed by atoms with Crippen molar-refractivity contribution >= 4 is 17.2 Å². The summed E-state index contributed by atoms with van der Waals surface area (Å²) in [5, 5.41) is 9.82. The number of nitrogens with one attached hydrogen (secondary N) is 1. The van der Waals surface area contributed by atoms with Crippen molar-refractivity contribution in [3.63, 3.8) is 0 Å². The van der Waals surface area contributed by atoms with Gasteiger partial charge >= 0.3 is 0 Å². The average Bonchev–Trinajstić information content (AvgIpc) is 3.32. The van der Waals surface area contributed by atoms with E-state index in [1.54, 1.807) is 36.2 Å². The largest absolute Gasteiger partial charge is 0.497 e. The van der Waals surface area contributed by atoms with Gasteiger partial charge in [-0.1, -0.05) is 0 Å². The molecule has 1 N–H and O–H groups in total. The summed E-state index contributed by atoms with van der Waals surface area (Å²) in [7, 11) is 3.09. The fourth-order valence-electron chi connectivity index (χ4n) is 2.28. The van der Waals surface area contributed by atoms with E-state index in [9.17, 15) is 4.79 Å². The first-order chi connectivity index (χ1) is 12.2. The van der Waals surface area contributed by atoms with Crippen LogP contribution < -0.4 is 14.8 Å². The molecule has 0 spiro atoms. The summed E-state index contributed by atoms with van der Waals surface area (Å²) in [5.74, 6) is 0.926. The molecule has 0 unspecified atom stereocenters. The molecule has 8 heteroatoms. The van der Waals surface area contributed by atoms with Crippen LogP contribution in [0.5, 0.6) is 11.5 Å². The van der Waals surface area contributed by atoms with Crippen LogP contribution in [0.3, 0.4) is 0 Å². The maximum Gasteiger partial charge on any atom is 0.255 e. The lowest BCUT2D eigenvalue weighted by Gasteiger charge is -2.10. The number of thiazole rings is 1. The Bertz CT molecular complexity index is 845. The van der Waals surface area contributed by atoms with Gasteiger partial charge in [0.25, 0.3) is 5.91 Å². The molecule has 0 fully saturated rings. The Morgan fingerprint density at radius 3 is 2.92 bits per heavy atom. The van der Waals surface area contributed by atoms with Crippen molar-refractivity contribution < 1.29 is 14.3 Å². The number of benzene rings is 1. The van der Waals surface area contributed by atoms with Crippen LogP contribution in [-0.2, 0) is 6.42 Å². The topological polar surface area (TPSA) is 78.3 Å². The highest BCUT2D eigenvalue weighted by atomic mass is 32.1. The molecule has 3 rings (SSSR count). The average molecular weight is 358 g/mol. The van der Waals surface area contributed by atoms with E-state index in [2.05, 4.69) is 15.4 Å². The van der Waals surface area contributed by atoms with Gasteiger partial charge in [-0.25, -0.2) is 9.67 Å². The van der Waals surface area contributed by atoms with Crippen molar-refractivity contribution in [1.29, 1.82) is 0 Å². The molecule has 7 nitrogen and oxygen atoms in total. The smallest absolute Gasteiger partial charge is 0.255 e. The zero-order chi connectivity index (χ0) is 17.6. The van der Waals surface area contributed by atoms with E-state index in [-0.39, 0.29) is 5.91 Å². The van der Waals surface area contributed by atoms with E-state index >= 15 is 0 Å². The van der Waals surface area contributed by atoms with Crippen LogP contribution >= 0.6 is 11.3 Å². The molecule has 0 radical (unpaired) electrons. The van der Waals surface area contributed by atoms with Crippen molar-refractivity contribution in [1.82, 2.24) is 20.1 Å². The molecule has 1 amide bonds. The second-order valence-corrected chi connectivity index (χ2v) is 5.98. The number of aromatic nitrogens is 3. The molecule has 0 atom stereocenters. The molecule has 0 saturated heterocycles. The fourth-order valence-corrected chi connectivity index (χ4v) is 3.08. The van der Waals surface area contributed by atoms with Crippen LogP contribution in [0.1, 0.15) is 16.1 Å². The van der Waals surface area contributed by atoms with Gasteiger partial charge in [-0.2, -0.15) is 5.10 Å². The molecular formula is C17H18N4O3S. The summed E-state index contributed by atoms with van der Waals surface area (Å²) in [5.41, 5.74) is 1.39. The predicted molar refractivity (Wildman–Crippen MR) is 94.8 cm³/mol. The summed E-state index contributed by atoms with van der Waals surface area (Å²) in [4.78, 5) is 16.8. The Labute approximate surface area is 149 Å². The Morgan fingerprint density at radius 2 is 2.20 bits per heavy atom. The molecule has 0 aliphatic heterocycles. The summed E-state index contributed by atoms with van der Waals surface area (Å²) < 4.78 is 12.1. The SMILES string of the molecule is COc1ccc(C(=O)NCCc2csc(-n3cccn3)n2)c(OC)c1. The van der Waals surface area contributed by atoms with Crippen molar-refractivity contribution in [3.05, 3.63) is 53.3 Å². The van der Waals surface area contributed by atoms with E-state index in [0.717, 1.165) is 10.8 Å². The number of hydrogen-bond acceptors (Lipinski definition) is 6. The summed E-state index contributed by atoms with van der Waals surface area (Å²) in [6.45, 7) is 0.482. The van der Waals surface area contributed by atoms with Crippen LogP contribution in [0, 0.1) is 0 Å². The van der Waals surface area contributed by atoms with Gasteiger partial charge in [0.05, 0.1) is 25.5 Å². The maximum absolute atomic E-state index is 12.3. The first-order valence-corrected chi connectivity index (χ1v) is 8.54. The van der Waals surface area contributed by atoms with Crippen molar-refractivity contribution in [2.24, 2.45) is 0 Å². The van der Waals surface area contributed by atoms with E-state index in [1.165, 1.54) is 18.4 Å². The van der Waals surface area contributed by atoms with Crippen molar-refractivity contribution in [3.8, 4) is 16.6 Å². The zero-order valence-corrected chi connectivity index (χ0v) is 14.7. The predicted octanol–water partition coefficient (Wildman–Crippen LogP) is 2.32. The minimum Gasteiger partial charge on any atom is -0.497 e. The van der Waals surface area contributed by atoms with Crippen molar-refractivity contribution in [2.45, 2.75) is 6.42 Å². The molecule has 1 aromatic carbocycles. The Kier molecular flexibility index (Phi) is 5.30. The number of carbonyl (C=O) groups is 1. The molecule has 0 saturated carbocycles. The van der Waals surface area contributed by atoms with E-state index in [1.807, 2.05) is 17.6 Å². The lowest BCUT2D eigenvalue weighted by atomic mass is 10.1. The number of amides is 1. The zero-order valence-electron chi connectivity index (χ0n) is 13.9. The highest BCUT2D eigenvalue weighted by Crippen LogP contribution is 2.24. The number of carbonyl (C=O) groups excluding carboxylic acids is 1. The minimum atomic E-state index is -0.193. The highest BCUT2D eigenvalue weighted by molar-refractivity contribution is 7.12. The molecule has 0 aliphatic rings. The lowest BCUT2D eigenvalue weighted by Crippen LogP contribution is -2.26. The maximum atomic E-state index is 12.3. The molecule has 2 aromatic heterocycles. The first kappa shape index (κ1) is 17.0. The number of hydrogen-bond donors (Lipinski definition) is 1. The van der Waals surface area contributed by atoms with Crippen LogP contribution in [-0.4, -0.2) is 41.4 Å². The highest BCUT2D eigenvalue weighted by Gasteiger charge is 2.13. The Balaban J connectivity index is 1.58. The second-order valence-electron chi connectivity index (χ2n) is 5.14. The van der Waals surface area contributed by atoms with Gasteiger partial charge in [0.1, 0.15) is 11.5 Å². The third kappa shape index (κ3) is 3.97. The van der Waals surface area contributed by atoms with E-state index in [0.29, 0.717) is 30.0 Å². The van der Waals surface area contributed by atoms with Crippen LogP contribution in [0.2, 0.25) is 0 Å². The molecule has 0 bridgehead atoms. The van der Waals surface area contributed by atoms with Crippen LogP contribution in [0.4, 0.5) is 0 Å². The van der Waals surface area contributed by atoms with Gasteiger partial charge in [0.15, 0.2) is 0 Å². The minimum absolute atomic E-state index is 0.193. The van der Waals surface area contributed by atoms with Crippen molar-refractivity contribution in [2.75, 3.05) is 20.8 Å². The molecule has 3 aromatic rings. The quantitative estimate of drug-likeness (QED) is 0.701. The van der Waals surface area contributed by atoms with Crippen LogP contribution in [0.25, 0.3) is 5.13 Å². The number of ether oxygens (including phenoxy) is 2. The molecule has 130 valence electrons. The monoisotopic (exact) mass is 358 g/mol. The van der Waals surface area contributed by atoms with E-state index < -0.39 is 0 Å². The van der Waals surface area contributed by atoms with Crippen LogP contribution in [0.15, 0.2) is 42.0 Å². The Morgan fingerprint density at radius 1 is 1.32 bits per heavy atom. The summed E-state index contributed by atoms with van der Waals surface area (Å²) >= 11 is 1.52. The lowest BCUT2D eigenvalue weighted by molar-refractivity contribution is 0.0951. The fraction of sp³-hybridized carbons (Fsp3) is 0.235. The van der Waals surface area contributed by atoms with Gasteiger partial charge < -0.3 is 14.8 Å². The van der Waals surface area contributed by atoms with Gasteiger partial charge in [-0.3, -0.25) is 4.79 Å². The van der Waals surface area contributed by atoms with Gasteiger partial charge in [0, 0.05) is 36.8 Å². The molecule has 2 heterocycles. The number of nitrogens with zero attached hydrogens (tertiary/aromatic N) is 3. The van der Waals surface area contributed by atoms with Gasteiger partial charge in [0.2, 0.25) is 5.13 Å². The third-order valence-corrected chi connectivity index (χ3v) is 4.44. The third-order valence-electron chi connectivity index (χ3n) is 3.56. The number of rotatable bonds is 7. The molecule has 0 aliphatic carbocycles. The number of methoxy groups -OCH3 is 2. The van der Waals surface area contributed by atoms with Gasteiger partial charge in [-0.15, -0.1) is 11.3 Å². The normalized spacial score (nSPS) is 10.5. The van der Waals surface area contributed by atoms with E-state index in [4.69, 9.17) is 9.47 Å². The molecular weight excluding hydrogens is 340 g/mol. The second kappa shape index (κ2) is 7.80. The first-order valence-electron chi connectivity index (χ1n) is 7.66. The van der Waals surface area contributed by atoms with Gasteiger partial charge in [-0.05, 0) is 18.2 Å². The standard InChI is InChI=1S/C17H18N4O3S/c1-23-13-4-5-14(15(10-13)24-2)16(22)18-8-6-12-11-25-17(20-12)21-9-3-7-19-21/h3-5,7,9-11H,6,8H2,1-2H3,(H,18,22). The molecule has 25 heavy (non-hydrogen) atoms. The summed E-state index contributed by atoms with van der Waals surface area (Å²) in [6, 6.07) is 6.95. The Hall–Kier alpha value is -2.87.